The van der Waals surface area contributed by atoms with Gasteiger partial charge in [-0.25, -0.2) is 0 Å². The molecule has 4 nitrogen and oxygen atoms in total. The zero-order valence-electron chi connectivity index (χ0n) is 12.1. The maximum Gasteiger partial charge on any atom is 0.117 e. The van der Waals surface area contributed by atoms with E-state index in [1.54, 1.807) is 6.26 Å². The van der Waals surface area contributed by atoms with E-state index in [4.69, 9.17) is 10.2 Å². The van der Waals surface area contributed by atoms with Gasteiger partial charge in [0, 0.05) is 24.2 Å². The average molecular weight is 281 g/mol. The summed E-state index contributed by atoms with van der Waals surface area (Å²) in [5, 5.41) is 1.14. The summed E-state index contributed by atoms with van der Waals surface area (Å²) in [6, 6.07) is 14.4. The topological polar surface area (TPSA) is 55.3 Å². The molecule has 1 aromatic carbocycles. The number of benzene rings is 1. The molecule has 3 rings (SSSR count). The second kappa shape index (κ2) is 6.08. The number of rotatable bonds is 5. The van der Waals surface area contributed by atoms with Crippen LogP contribution in [-0.2, 0) is 6.54 Å². The van der Waals surface area contributed by atoms with Crippen molar-refractivity contribution in [2.45, 2.75) is 12.6 Å². The van der Waals surface area contributed by atoms with Crippen LogP contribution in [0.4, 0.5) is 0 Å². The van der Waals surface area contributed by atoms with Crippen LogP contribution in [0.3, 0.4) is 0 Å². The van der Waals surface area contributed by atoms with Gasteiger partial charge in [0.25, 0.3) is 0 Å². The molecule has 0 saturated carbocycles. The molecule has 0 aliphatic rings. The summed E-state index contributed by atoms with van der Waals surface area (Å²) in [4.78, 5) is 6.56. The molecular weight excluding hydrogens is 262 g/mol. The molecule has 0 bridgehead atoms. The van der Waals surface area contributed by atoms with Crippen molar-refractivity contribution >= 4 is 10.9 Å². The maximum absolute atomic E-state index is 5.99. The second-order valence-electron chi connectivity index (χ2n) is 5.20. The summed E-state index contributed by atoms with van der Waals surface area (Å²) in [5.41, 5.74) is 8.20. The molecule has 0 fully saturated rings. The minimum Gasteiger partial charge on any atom is -0.468 e. The summed E-state index contributed by atoms with van der Waals surface area (Å²) in [6.45, 7) is 1.29. The van der Waals surface area contributed by atoms with E-state index in [0.29, 0.717) is 6.54 Å². The van der Waals surface area contributed by atoms with Crippen molar-refractivity contribution in [3.05, 3.63) is 66.2 Å². The molecule has 21 heavy (non-hydrogen) atoms. The predicted octanol–water partition coefficient (Wildman–Crippen LogP) is 2.96. The van der Waals surface area contributed by atoms with E-state index in [9.17, 15) is 0 Å². The number of likely N-dealkylation sites (N-methyl/N-ethyl adjacent to an activating group) is 1. The third kappa shape index (κ3) is 2.96. The van der Waals surface area contributed by atoms with Crippen LogP contribution in [0.5, 0.6) is 0 Å². The quantitative estimate of drug-likeness (QED) is 0.781. The van der Waals surface area contributed by atoms with Crippen LogP contribution in [0.1, 0.15) is 17.4 Å². The molecule has 0 radical (unpaired) electrons. The van der Waals surface area contributed by atoms with Crippen molar-refractivity contribution in [3.63, 3.8) is 0 Å². The molecule has 4 heteroatoms. The third-order valence-electron chi connectivity index (χ3n) is 3.75. The fourth-order valence-electron chi connectivity index (χ4n) is 2.63. The summed E-state index contributed by atoms with van der Waals surface area (Å²) in [6.07, 6.45) is 3.51. The highest BCUT2D eigenvalue weighted by Gasteiger charge is 2.17. The minimum atomic E-state index is 0.153. The van der Waals surface area contributed by atoms with Crippen LogP contribution in [0.25, 0.3) is 10.9 Å². The number of hydrogen-bond acceptors (Lipinski definition) is 4. The van der Waals surface area contributed by atoms with E-state index in [2.05, 4.69) is 35.1 Å². The van der Waals surface area contributed by atoms with E-state index in [0.717, 1.165) is 23.2 Å². The number of nitrogens with zero attached hydrogens (tertiary/aromatic N) is 2. The van der Waals surface area contributed by atoms with E-state index in [1.807, 2.05) is 30.5 Å². The number of hydrogen-bond donors (Lipinski definition) is 1. The first kappa shape index (κ1) is 13.8. The highest BCUT2D eigenvalue weighted by Crippen LogP contribution is 2.23. The lowest BCUT2D eigenvalue weighted by Gasteiger charge is -2.26. The van der Waals surface area contributed by atoms with Gasteiger partial charge in [-0.15, -0.1) is 0 Å². The summed E-state index contributed by atoms with van der Waals surface area (Å²) < 4.78 is 5.41. The third-order valence-corrected chi connectivity index (χ3v) is 3.75. The summed E-state index contributed by atoms with van der Waals surface area (Å²) in [5.74, 6) is 0.943. The van der Waals surface area contributed by atoms with Crippen LogP contribution in [0.15, 0.2) is 59.3 Å². The molecule has 0 amide bonds. The summed E-state index contributed by atoms with van der Waals surface area (Å²) >= 11 is 0. The first-order valence-corrected chi connectivity index (χ1v) is 7.05. The Morgan fingerprint density at radius 2 is 2.14 bits per heavy atom. The van der Waals surface area contributed by atoms with Gasteiger partial charge in [0.05, 0.1) is 18.3 Å². The molecule has 3 aromatic rings. The van der Waals surface area contributed by atoms with Gasteiger partial charge in [0.1, 0.15) is 5.76 Å². The first-order valence-electron chi connectivity index (χ1n) is 7.05. The first-order chi connectivity index (χ1) is 10.3. The van der Waals surface area contributed by atoms with Crippen molar-refractivity contribution in [3.8, 4) is 0 Å². The molecule has 0 saturated heterocycles. The Bertz CT molecular complexity index is 709. The van der Waals surface area contributed by atoms with Crippen molar-refractivity contribution < 1.29 is 4.42 Å². The lowest BCUT2D eigenvalue weighted by atomic mass is 10.0. The van der Waals surface area contributed by atoms with E-state index >= 15 is 0 Å². The molecule has 0 aliphatic heterocycles. The van der Waals surface area contributed by atoms with E-state index in [-0.39, 0.29) is 6.04 Å². The smallest absolute Gasteiger partial charge is 0.117 e. The Morgan fingerprint density at radius 1 is 1.24 bits per heavy atom. The van der Waals surface area contributed by atoms with Gasteiger partial charge in [-0.05, 0) is 42.9 Å². The Hall–Kier alpha value is -2.17. The molecule has 0 spiro atoms. The Labute approximate surface area is 124 Å². The fourth-order valence-corrected chi connectivity index (χ4v) is 2.63. The summed E-state index contributed by atoms with van der Waals surface area (Å²) in [7, 11) is 2.06. The molecule has 2 heterocycles. The normalized spacial score (nSPS) is 12.9. The van der Waals surface area contributed by atoms with Gasteiger partial charge < -0.3 is 10.2 Å². The van der Waals surface area contributed by atoms with Crippen LogP contribution in [0, 0.1) is 0 Å². The number of nitrogens with two attached hydrogens (primary N) is 1. The molecule has 0 aliphatic carbocycles. The van der Waals surface area contributed by atoms with Crippen molar-refractivity contribution in [1.82, 2.24) is 9.88 Å². The van der Waals surface area contributed by atoms with Crippen molar-refractivity contribution in [1.29, 1.82) is 0 Å². The molecule has 2 N–H and O–H groups in total. The molecular formula is C17H19N3O. The number of aromatic nitrogens is 1. The largest absolute Gasteiger partial charge is 0.468 e. The Morgan fingerprint density at radius 3 is 2.90 bits per heavy atom. The lowest BCUT2D eigenvalue weighted by molar-refractivity contribution is 0.223. The van der Waals surface area contributed by atoms with Crippen LogP contribution in [0.2, 0.25) is 0 Å². The standard InChI is InChI=1S/C17H19N3O/c1-20(12-15-5-3-9-21-15)17(11-18)14-6-7-16-13(10-14)4-2-8-19-16/h2-10,17H,11-12,18H2,1H3. The number of pyridine rings is 1. The van der Waals surface area contributed by atoms with Crippen molar-refractivity contribution in [2.24, 2.45) is 5.73 Å². The van der Waals surface area contributed by atoms with Gasteiger partial charge in [-0.3, -0.25) is 9.88 Å². The zero-order valence-corrected chi connectivity index (χ0v) is 12.1. The highest BCUT2D eigenvalue weighted by atomic mass is 16.3. The number of furan rings is 1. The van der Waals surface area contributed by atoms with Crippen LogP contribution in [-0.4, -0.2) is 23.5 Å². The van der Waals surface area contributed by atoms with Gasteiger partial charge in [0.15, 0.2) is 0 Å². The van der Waals surface area contributed by atoms with E-state index in [1.165, 1.54) is 5.56 Å². The van der Waals surface area contributed by atoms with Crippen molar-refractivity contribution in [2.75, 3.05) is 13.6 Å². The SMILES string of the molecule is CN(Cc1ccco1)C(CN)c1ccc2ncccc2c1. The predicted molar refractivity (Wildman–Crippen MR) is 83.7 cm³/mol. The average Bonchev–Trinajstić information content (AvgIpc) is 3.01. The molecule has 2 aromatic heterocycles. The van der Waals surface area contributed by atoms with Gasteiger partial charge >= 0.3 is 0 Å². The van der Waals surface area contributed by atoms with Crippen LogP contribution < -0.4 is 5.73 Å². The fraction of sp³-hybridized carbons (Fsp3) is 0.235. The number of fused-ring (bicyclic) bond motifs is 1. The molecule has 108 valence electrons. The zero-order chi connectivity index (χ0) is 14.7. The van der Waals surface area contributed by atoms with E-state index < -0.39 is 0 Å². The Kier molecular flexibility index (Phi) is 3.99. The molecule has 1 atom stereocenters. The van der Waals surface area contributed by atoms with Gasteiger partial charge in [-0.2, -0.15) is 0 Å². The maximum atomic E-state index is 5.99. The highest BCUT2D eigenvalue weighted by molar-refractivity contribution is 5.79. The molecule has 1 unspecified atom stereocenters. The Balaban J connectivity index is 1.86. The van der Waals surface area contributed by atoms with Gasteiger partial charge in [0.2, 0.25) is 0 Å². The minimum absolute atomic E-state index is 0.153. The lowest BCUT2D eigenvalue weighted by Crippen LogP contribution is -2.30. The monoisotopic (exact) mass is 281 g/mol. The second-order valence-corrected chi connectivity index (χ2v) is 5.20. The van der Waals surface area contributed by atoms with Crippen LogP contribution >= 0.6 is 0 Å². The van der Waals surface area contributed by atoms with Gasteiger partial charge in [-0.1, -0.05) is 12.1 Å².